The first-order valence-corrected chi connectivity index (χ1v) is 12.5. The van der Waals surface area contributed by atoms with E-state index in [9.17, 15) is 4.79 Å². The summed E-state index contributed by atoms with van der Waals surface area (Å²) in [6, 6.07) is 0. The number of ether oxygens (including phenoxy) is 7. The van der Waals surface area contributed by atoms with Gasteiger partial charge in [0.25, 0.3) is 0 Å². The molecule has 0 aliphatic carbocycles. The van der Waals surface area contributed by atoms with Gasteiger partial charge >= 0.3 is 6.09 Å². The molecule has 1 amide bonds. The Labute approximate surface area is 201 Å². The lowest BCUT2D eigenvalue weighted by Crippen LogP contribution is -2.33. The van der Waals surface area contributed by atoms with E-state index in [4.69, 9.17) is 33.2 Å². The Bertz CT molecular complexity index is 396. The number of carbonyl (C=O) groups excluding carboxylic acids is 1. The second-order valence-corrected chi connectivity index (χ2v) is 8.58. The second kappa shape index (κ2) is 22.9. The van der Waals surface area contributed by atoms with Crippen molar-refractivity contribution in [3.05, 3.63) is 0 Å². The van der Waals surface area contributed by atoms with Crippen LogP contribution in [-0.4, -0.2) is 102 Å². The van der Waals surface area contributed by atoms with Gasteiger partial charge in [-0.2, -0.15) is 0 Å². The van der Waals surface area contributed by atoms with Gasteiger partial charge in [0.2, 0.25) is 0 Å². The van der Waals surface area contributed by atoms with Gasteiger partial charge in [0.15, 0.2) is 0 Å². The highest BCUT2D eigenvalue weighted by atomic mass is 127. The van der Waals surface area contributed by atoms with Gasteiger partial charge in [0.05, 0.1) is 72.7 Å². The molecule has 0 rings (SSSR count). The Kier molecular flexibility index (Phi) is 22.8. The minimum Gasteiger partial charge on any atom is -0.444 e. The molecule has 0 bridgehead atoms. The molecule has 0 aromatic rings. The molecule has 0 atom stereocenters. The fourth-order valence-corrected chi connectivity index (χ4v) is 2.40. The maximum absolute atomic E-state index is 11.5. The van der Waals surface area contributed by atoms with Crippen molar-refractivity contribution in [2.75, 3.05) is 90.3 Å². The number of hydrogen-bond donors (Lipinski definition) is 1. The fraction of sp³-hybridized carbons (Fsp3) is 0.952. The van der Waals surface area contributed by atoms with Crippen molar-refractivity contribution in [2.24, 2.45) is 0 Å². The Morgan fingerprint density at radius 1 is 0.645 bits per heavy atom. The Morgan fingerprint density at radius 3 is 1.42 bits per heavy atom. The number of unbranched alkanes of at least 4 members (excludes halogenated alkanes) is 1. The van der Waals surface area contributed by atoms with Crippen LogP contribution in [0.2, 0.25) is 0 Å². The summed E-state index contributed by atoms with van der Waals surface area (Å²) >= 11 is 2.27. The molecule has 10 heteroatoms. The summed E-state index contributed by atoms with van der Waals surface area (Å²) in [4.78, 5) is 11.5. The number of rotatable bonds is 22. The Hall–Kier alpha value is -0.240. The van der Waals surface area contributed by atoms with Gasteiger partial charge in [-0.15, -0.1) is 0 Å². The standard InChI is InChI=1S/C21H42INO8/c1-21(2,3)31-20(24)23-7-4-5-8-25-10-12-27-14-16-29-18-19-30-17-15-28-13-11-26-9-6-22/h4-19H2,1-3H3,(H,23,24). The first-order chi connectivity index (χ1) is 15.0. The number of carbonyl (C=O) groups is 1. The van der Waals surface area contributed by atoms with Crippen LogP contribution < -0.4 is 5.32 Å². The van der Waals surface area contributed by atoms with Crippen LogP contribution in [-0.2, 0) is 33.2 Å². The summed E-state index contributed by atoms with van der Waals surface area (Å²) in [6.07, 6.45) is 1.33. The van der Waals surface area contributed by atoms with Crippen LogP contribution in [0.15, 0.2) is 0 Å². The molecule has 0 spiro atoms. The molecule has 0 saturated heterocycles. The van der Waals surface area contributed by atoms with Crippen LogP contribution >= 0.6 is 22.6 Å². The number of amides is 1. The third-order valence-electron chi connectivity index (χ3n) is 3.47. The zero-order chi connectivity index (χ0) is 23.0. The molecular weight excluding hydrogens is 521 g/mol. The van der Waals surface area contributed by atoms with E-state index in [1.807, 2.05) is 20.8 Å². The molecule has 0 fully saturated rings. The normalized spacial score (nSPS) is 11.6. The molecule has 0 aliphatic rings. The molecular formula is C21H42INO8. The lowest BCUT2D eigenvalue weighted by atomic mass is 10.2. The predicted octanol–water partition coefficient (Wildman–Crippen LogP) is 2.83. The topological polar surface area (TPSA) is 93.7 Å². The van der Waals surface area contributed by atoms with Crippen LogP contribution in [0.1, 0.15) is 33.6 Å². The number of halogens is 1. The molecule has 0 saturated carbocycles. The second-order valence-electron chi connectivity index (χ2n) is 7.50. The van der Waals surface area contributed by atoms with E-state index in [0.717, 1.165) is 23.9 Å². The average Bonchev–Trinajstić information content (AvgIpc) is 2.70. The zero-order valence-corrected chi connectivity index (χ0v) is 21.6. The third kappa shape index (κ3) is 27.7. The minimum atomic E-state index is -0.468. The quantitative estimate of drug-likeness (QED) is 0.122. The van der Waals surface area contributed by atoms with E-state index in [2.05, 4.69) is 27.9 Å². The summed E-state index contributed by atoms with van der Waals surface area (Å²) in [5, 5.41) is 2.72. The van der Waals surface area contributed by atoms with Crippen molar-refractivity contribution in [1.82, 2.24) is 5.32 Å². The largest absolute Gasteiger partial charge is 0.444 e. The summed E-state index contributed by atoms with van der Waals surface area (Å²) in [7, 11) is 0. The molecule has 31 heavy (non-hydrogen) atoms. The minimum absolute atomic E-state index is 0.381. The van der Waals surface area contributed by atoms with E-state index in [1.54, 1.807) is 0 Å². The lowest BCUT2D eigenvalue weighted by Gasteiger charge is -2.19. The van der Waals surface area contributed by atoms with E-state index >= 15 is 0 Å². The first kappa shape index (κ1) is 30.8. The fourth-order valence-electron chi connectivity index (χ4n) is 2.09. The molecule has 0 unspecified atom stereocenters. The molecule has 1 N–H and O–H groups in total. The molecule has 0 heterocycles. The van der Waals surface area contributed by atoms with Crippen molar-refractivity contribution in [1.29, 1.82) is 0 Å². The van der Waals surface area contributed by atoms with Crippen molar-refractivity contribution in [3.8, 4) is 0 Å². The highest BCUT2D eigenvalue weighted by molar-refractivity contribution is 14.1. The van der Waals surface area contributed by atoms with Crippen LogP contribution in [0.4, 0.5) is 4.79 Å². The predicted molar refractivity (Wildman–Crippen MR) is 127 cm³/mol. The van der Waals surface area contributed by atoms with Crippen LogP contribution in [0, 0.1) is 0 Å². The number of nitrogens with one attached hydrogen (secondary N) is 1. The van der Waals surface area contributed by atoms with Gasteiger partial charge < -0.3 is 38.5 Å². The highest BCUT2D eigenvalue weighted by Gasteiger charge is 2.15. The molecule has 0 aromatic carbocycles. The Balaban J connectivity index is 3.10. The zero-order valence-electron chi connectivity index (χ0n) is 19.5. The molecule has 0 aromatic heterocycles. The van der Waals surface area contributed by atoms with Crippen LogP contribution in [0.3, 0.4) is 0 Å². The maximum atomic E-state index is 11.5. The molecule has 0 aliphatic heterocycles. The van der Waals surface area contributed by atoms with Crippen molar-refractivity contribution in [2.45, 2.75) is 39.2 Å². The Morgan fingerprint density at radius 2 is 1.03 bits per heavy atom. The lowest BCUT2D eigenvalue weighted by molar-refractivity contribution is -0.0161. The van der Waals surface area contributed by atoms with Crippen molar-refractivity contribution >= 4 is 28.7 Å². The molecule has 9 nitrogen and oxygen atoms in total. The summed E-state index contributed by atoms with van der Waals surface area (Å²) in [5.41, 5.74) is -0.468. The SMILES string of the molecule is CC(C)(C)OC(=O)NCCCCOCCOCCOCCOCCOCCOCCI. The summed E-state index contributed by atoms with van der Waals surface area (Å²) in [6.45, 7) is 13.1. The maximum Gasteiger partial charge on any atom is 0.407 e. The van der Waals surface area contributed by atoms with Crippen LogP contribution in [0.25, 0.3) is 0 Å². The number of hydrogen-bond acceptors (Lipinski definition) is 8. The number of alkyl carbamates (subject to hydrolysis) is 1. The highest BCUT2D eigenvalue weighted by Crippen LogP contribution is 2.06. The molecule has 0 radical (unpaired) electrons. The third-order valence-corrected chi connectivity index (χ3v) is 3.91. The van der Waals surface area contributed by atoms with E-state index < -0.39 is 5.60 Å². The van der Waals surface area contributed by atoms with Gasteiger partial charge in [-0.05, 0) is 33.6 Å². The van der Waals surface area contributed by atoms with Gasteiger partial charge in [0.1, 0.15) is 5.60 Å². The van der Waals surface area contributed by atoms with Crippen LogP contribution in [0.5, 0.6) is 0 Å². The number of alkyl halides is 1. The molecule has 186 valence electrons. The first-order valence-electron chi connectivity index (χ1n) is 10.9. The monoisotopic (exact) mass is 563 g/mol. The van der Waals surface area contributed by atoms with Crippen molar-refractivity contribution in [3.63, 3.8) is 0 Å². The van der Waals surface area contributed by atoms with Gasteiger partial charge in [-0.25, -0.2) is 4.79 Å². The van der Waals surface area contributed by atoms with Gasteiger partial charge in [-0.1, -0.05) is 22.6 Å². The van der Waals surface area contributed by atoms with Gasteiger partial charge in [-0.3, -0.25) is 0 Å². The van der Waals surface area contributed by atoms with E-state index in [0.29, 0.717) is 79.2 Å². The average molecular weight is 563 g/mol. The van der Waals surface area contributed by atoms with Gasteiger partial charge in [0, 0.05) is 17.6 Å². The van der Waals surface area contributed by atoms with Crippen molar-refractivity contribution < 1.29 is 38.0 Å². The van der Waals surface area contributed by atoms with E-state index in [1.165, 1.54) is 0 Å². The van der Waals surface area contributed by atoms with E-state index in [-0.39, 0.29) is 6.09 Å². The summed E-state index contributed by atoms with van der Waals surface area (Å²) in [5.74, 6) is 0. The smallest absolute Gasteiger partial charge is 0.407 e. The summed E-state index contributed by atoms with van der Waals surface area (Å²) < 4.78 is 38.6.